The zero-order valence-corrected chi connectivity index (χ0v) is 10.7. The molecule has 1 aromatic carbocycles. The number of benzene rings is 1. The molecule has 3 fully saturated rings. The molecule has 4 rings (SSSR count). The molecule has 4 heteroatoms. The van der Waals surface area contributed by atoms with Gasteiger partial charge in [0, 0.05) is 0 Å². The average molecular weight is 257 g/mol. The van der Waals surface area contributed by atoms with Crippen LogP contribution in [0.25, 0.3) is 0 Å². The van der Waals surface area contributed by atoms with E-state index in [1.807, 2.05) is 37.3 Å². The molecule has 0 spiro atoms. The van der Waals surface area contributed by atoms with Gasteiger partial charge in [-0.2, -0.15) is 0 Å². The molecule has 2 amide bonds. The summed E-state index contributed by atoms with van der Waals surface area (Å²) in [7, 11) is 0. The van der Waals surface area contributed by atoms with Crippen molar-refractivity contribution in [3.05, 3.63) is 30.3 Å². The maximum atomic E-state index is 12.5. The molecule has 2 saturated heterocycles. The number of para-hydroxylation sites is 1. The summed E-state index contributed by atoms with van der Waals surface area (Å²) in [6.07, 6.45) is 1.53. The zero-order chi connectivity index (χ0) is 13.2. The highest BCUT2D eigenvalue weighted by molar-refractivity contribution is 6.22. The van der Waals surface area contributed by atoms with E-state index >= 15 is 0 Å². The summed E-state index contributed by atoms with van der Waals surface area (Å²) >= 11 is 0. The highest BCUT2D eigenvalue weighted by Crippen LogP contribution is 2.54. The normalized spacial score (nSPS) is 40.1. The fraction of sp³-hybridized carbons (Fsp3) is 0.467. The predicted molar refractivity (Wildman–Crippen MR) is 68.4 cm³/mol. The molecule has 0 bridgehead atoms. The number of hydrogen-bond donors (Lipinski definition) is 0. The van der Waals surface area contributed by atoms with Crippen LogP contribution in [0.5, 0.6) is 0 Å². The van der Waals surface area contributed by atoms with E-state index in [1.165, 1.54) is 4.90 Å². The number of carbonyl (C=O) groups is 2. The lowest BCUT2D eigenvalue weighted by Crippen LogP contribution is -2.32. The molecular formula is C15H15NO3. The minimum absolute atomic E-state index is 0.0567. The van der Waals surface area contributed by atoms with Gasteiger partial charge in [-0.1, -0.05) is 18.2 Å². The standard InChI is InChI=1S/C15H15NO3/c1-15-8-11-10(7-12(15)19-15)13(17)16(14(11)18)9-5-3-2-4-6-9/h2-6,10-12H,7-8H2,1H3. The lowest BCUT2D eigenvalue weighted by Gasteiger charge is -2.21. The van der Waals surface area contributed by atoms with E-state index in [2.05, 4.69) is 0 Å². The molecule has 4 nitrogen and oxygen atoms in total. The number of anilines is 1. The van der Waals surface area contributed by atoms with E-state index in [9.17, 15) is 9.59 Å². The van der Waals surface area contributed by atoms with Crippen LogP contribution in [0, 0.1) is 11.8 Å². The topological polar surface area (TPSA) is 49.9 Å². The first-order chi connectivity index (χ1) is 9.10. The van der Waals surface area contributed by atoms with Crippen molar-refractivity contribution in [1.29, 1.82) is 0 Å². The summed E-state index contributed by atoms with van der Waals surface area (Å²) in [5, 5.41) is 0. The van der Waals surface area contributed by atoms with E-state index in [0.717, 1.165) is 0 Å². The first-order valence-electron chi connectivity index (χ1n) is 6.71. The maximum Gasteiger partial charge on any atom is 0.237 e. The summed E-state index contributed by atoms with van der Waals surface area (Å²) in [5.41, 5.74) is 0.524. The monoisotopic (exact) mass is 257 g/mol. The van der Waals surface area contributed by atoms with E-state index in [4.69, 9.17) is 4.74 Å². The zero-order valence-electron chi connectivity index (χ0n) is 10.7. The Morgan fingerprint density at radius 1 is 1.16 bits per heavy atom. The van der Waals surface area contributed by atoms with Crippen LogP contribution in [-0.2, 0) is 14.3 Å². The number of hydrogen-bond acceptors (Lipinski definition) is 3. The number of carbonyl (C=O) groups excluding carboxylic acids is 2. The summed E-state index contributed by atoms with van der Waals surface area (Å²) in [5.74, 6) is -0.500. The number of imide groups is 1. The van der Waals surface area contributed by atoms with Crippen molar-refractivity contribution in [3.8, 4) is 0 Å². The SMILES string of the molecule is CC12CC3C(=O)N(c4ccccc4)C(=O)C3CC1O2. The van der Waals surface area contributed by atoms with Gasteiger partial charge in [0.1, 0.15) is 0 Å². The molecule has 0 radical (unpaired) electrons. The van der Waals surface area contributed by atoms with Gasteiger partial charge in [-0.3, -0.25) is 14.5 Å². The number of epoxide rings is 1. The molecule has 2 heterocycles. The molecular weight excluding hydrogens is 242 g/mol. The Morgan fingerprint density at radius 3 is 2.58 bits per heavy atom. The molecule has 3 aliphatic rings. The summed E-state index contributed by atoms with van der Waals surface area (Å²) in [4.78, 5) is 26.3. The molecule has 0 N–H and O–H groups in total. The Hall–Kier alpha value is -1.68. The molecule has 0 aromatic heterocycles. The molecule has 4 atom stereocenters. The van der Waals surface area contributed by atoms with Crippen LogP contribution >= 0.6 is 0 Å². The molecule has 19 heavy (non-hydrogen) atoms. The second kappa shape index (κ2) is 3.45. The molecule has 1 aliphatic carbocycles. The second-order valence-corrected chi connectivity index (χ2v) is 5.92. The molecule has 1 saturated carbocycles. The average Bonchev–Trinajstić information content (AvgIpc) is 3.02. The van der Waals surface area contributed by atoms with Gasteiger partial charge in [-0.25, -0.2) is 0 Å². The van der Waals surface area contributed by atoms with Crippen LogP contribution in [0.4, 0.5) is 5.69 Å². The molecule has 4 unspecified atom stereocenters. The van der Waals surface area contributed by atoms with Crippen LogP contribution in [0.15, 0.2) is 30.3 Å². The van der Waals surface area contributed by atoms with Crippen molar-refractivity contribution in [3.63, 3.8) is 0 Å². The van der Waals surface area contributed by atoms with Gasteiger partial charge >= 0.3 is 0 Å². The second-order valence-electron chi connectivity index (χ2n) is 5.92. The summed E-state index contributed by atoms with van der Waals surface area (Å²) in [6, 6.07) is 9.20. The van der Waals surface area contributed by atoms with Gasteiger partial charge in [0.05, 0.1) is 29.2 Å². The number of ether oxygens (including phenoxy) is 1. The molecule has 98 valence electrons. The highest BCUT2D eigenvalue weighted by Gasteiger charge is 2.64. The van der Waals surface area contributed by atoms with Crippen molar-refractivity contribution in [2.45, 2.75) is 31.5 Å². The number of fused-ring (bicyclic) bond motifs is 2. The maximum absolute atomic E-state index is 12.5. The largest absolute Gasteiger partial charge is 0.366 e. The van der Waals surface area contributed by atoms with Gasteiger partial charge in [-0.15, -0.1) is 0 Å². The summed E-state index contributed by atoms with van der Waals surface area (Å²) in [6.45, 7) is 2.04. The molecule has 1 aromatic rings. The van der Waals surface area contributed by atoms with Crippen LogP contribution in [0.3, 0.4) is 0 Å². The van der Waals surface area contributed by atoms with Gasteiger partial charge in [-0.05, 0) is 31.9 Å². The smallest absolute Gasteiger partial charge is 0.237 e. The van der Waals surface area contributed by atoms with E-state index in [1.54, 1.807) is 0 Å². The Kier molecular flexibility index (Phi) is 2.03. The lowest BCUT2D eigenvalue weighted by atomic mass is 9.76. The van der Waals surface area contributed by atoms with Crippen LogP contribution in [0.2, 0.25) is 0 Å². The first-order valence-corrected chi connectivity index (χ1v) is 6.71. The number of rotatable bonds is 1. The van der Waals surface area contributed by atoms with E-state index in [-0.39, 0.29) is 35.4 Å². The van der Waals surface area contributed by atoms with Crippen molar-refractivity contribution in [2.24, 2.45) is 11.8 Å². The predicted octanol–water partition coefficient (Wildman–Crippen LogP) is 1.74. The van der Waals surface area contributed by atoms with E-state index < -0.39 is 0 Å². The van der Waals surface area contributed by atoms with Crippen molar-refractivity contribution in [2.75, 3.05) is 4.90 Å². The third-order valence-electron chi connectivity index (χ3n) is 4.70. The minimum atomic E-state index is -0.198. The number of amides is 2. The van der Waals surface area contributed by atoms with Crippen molar-refractivity contribution < 1.29 is 14.3 Å². The highest BCUT2D eigenvalue weighted by atomic mass is 16.6. The van der Waals surface area contributed by atoms with Crippen LogP contribution in [-0.4, -0.2) is 23.5 Å². The lowest BCUT2D eigenvalue weighted by molar-refractivity contribution is -0.122. The van der Waals surface area contributed by atoms with Crippen LogP contribution in [0.1, 0.15) is 19.8 Å². The number of nitrogens with zero attached hydrogens (tertiary/aromatic N) is 1. The van der Waals surface area contributed by atoms with Crippen LogP contribution < -0.4 is 4.90 Å². The quantitative estimate of drug-likeness (QED) is 0.569. The van der Waals surface area contributed by atoms with Gasteiger partial charge in [0.15, 0.2) is 0 Å². The van der Waals surface area contributed by atoms with Gasteiger partial charge in [0.2, 0.25) is 11.8 Å². The van der Waals surface area contributed by atoms with Gasteiger partial charge < -0.3 is 4.74 Å². The van der Waals surface area contributed by atoms with Crippen molar-refractivity contribution in [1.82, 2.24) is 0 Å². The first kappa shape index (κ1) is 11.2. The third-order valence-corrected chi connectivity index (χ3v) is 4.70. The Bertz CT molecular complexity index is 570. The molecule has 2 aliphatic heterocycles. The fourth-order valence-corrected chi connectivity index (χ4v) is 3.55. The minimum Gasteiger partial charge on any atom is -0.366 e. The fourth-order valence-electron chi connectivity index (χ4n) is 3.55. The van der Waals surface area contributed by atoms with Gasteiger partial charge in [0.25, 0.3) is 0 Å². The Balaban J connectivity index is 1.69. The Labute approximate surface area is 111 Å². The Morgan fingerprint density at radius 2 is 1.84 bits per heavy atom. The summed E-state index contributed by atoms with van der Waals surface area (Å²) < 4.78 is 5.62. The van der Waals surface area contributed by atoms with Crippen molar-refractivity contribution >= 4 is 17.5 Å². The van der Waals surface area contributed by atoms with E-state index in [0.29, 0.717) is 18.5 Å². The third kappa shape index (κ3) is 1.43.